The average Bonchev–Trinajstić information content (AvgIpc) is 2.83. The van der Waals surface area contributed by atoms with E-state index in [1.165, 1.54) is 41.8 Å². The molecule has 0 radical (unpaired) electrons. The molecular weight excluding hydrogens is 263 g/mol. The number of benzene rings is 1. The second-order valence-electron chi connectivity index (χ2n) is 2.93. The number of rotatable bonds is 3. The average molecular weight is 270 g/mol. The molecule has 88 valence electrons. The van der Waals surface area contributed by atoms with Crippen molar-refractivity contribution in [2.75, 3.05) is 0 Å². The zero-order valence-electron chi connectivity index (χ0n) is 8.37. The molecular formula is C9H7FN4OS2. The standard InChI is InChI=1S/C9H7FN4OS2/c10-5-1-2-7(6(3-5)8(11)14-15)16-9-12-4-13-17-9/h1-4,15H,(H2,11,14). The van der Waals surface area contributed by atoms with E-state index in [2.05, 4.69) is 14.5 Å². The smallest absolute Gasteiger partial charge is 0.174 e. The van der Waals surface area contributed by atoms with Crippen LogP contribution in [0.1, 0.15) is 5.56 Å². The van der Waals surface area contributed by atoms with Crippen molar-refractivity contribution in [3.8, 4) is 0 Å². The summed E-state index contributed by atoms with van der Waals surface area (Å²) in [7, 11) is 0. The first-order valence-electron chi connectivity index (χ1n) is 4.42. The number of amidine groups is 1. The summed E-state index contributed by atoms with van der Waals surface area (Å²) >= 11 is 2.49. The first kappa shape index (κ1) is 11.8. The van der Waals surface area contributed by atoms with Gasteiger partial charge in [0.1, 0.15) is 12.1 Å². The predicted molar refractivity (Wildman–Crippen MR) is 62.9 cm³/mol. The van der Waals surface area contributed by atoms with Gasteiger partial charge < -0.3 is 10.9 Å². The summed E-state index contributed by atoms with van der Waals surface area (Å²) in [4.78, 5) is 4.64. The Labute approximate surface area is 104 Å². The van der Waals surface area contributed by atoms with Crippen LogP contribution in [0.15, 0.2) is 38.9 Å². The maximum atomic E-state index is 13.1. The molecule has 0 aliphatic heterocycles. The Hall–Kier alpha value is -1.67. The SMILES string of the molecule is NC(=NO)c1cc(F)ccc1Sc1ncns1. The molecule has 0 fully saturated rings. The van der Waals surface area contributed by atoms with Crippen LogP contribution in [-0.2, 0) is 0 Å². The van der Waals surface area contributed by atoms with E-state index in [9.17, 15) is 4.39 Å². The van der Waals surface area contributed by atoms with Gasteiger partial charge in [0, 0.05) is 10.5 Å². The van der Waals surface area contributed by atoms with Crippen LogP contribution in [0.2, 0.25) is 0 Å². The summed E-state index contributed by atoms with van der Waals surface area (Å²) in [6.07, 6.45) is 1.43. The minimum Gasteiger partial charge on any atom is -0.409 e. The van der Waals surface area contributed by atoms with E-state index in [-0.39, 0.29) is 5.84 Å². The normalized spacial score (nSPS) is 11.7. The third kappa shape index (κ3) is 2.71. The Morgan fingerprint density at radius 1 is 1.53 bits per heavy atom. The predicted octanol–water partition coefficient (Wildman–Crippen LogP) is 1.92. The molecule has 2 aromatic rings. The van der Waals surface area contributed by atoms with Gasteiger partial charge in [0.15, 0.2) is 10.2 Å². The number of hydrogen-bond acceptors (Lipinski definition) is 6. The topological polar surface area (TPSA) is 84.4 Å². The molecule has 0 unspecified atom stereocenters. The van der Waals surface area contributed by atoms with Gasteiger partial charge in [-0.1, -0.05) is 16.9 Å². The zero-order chi connectivity index (χ0) is 12.3. The van der Waals surface area contributed by atoms with Crippen molar-refractivity contribution in [3.05, 3.63) is 35.9 Å². The highest BCUT2D eigenvalue weighted by molar-refractivity contribution is 8.01. The number of nitrogens with two attached hydrogens (primary N) is 1. The van der Waals surface area contributed by atoms with E-state index >= 15 is 0 Å². The molecule has 0 saturated heterocycles. The summed E-state index contributed by atoms with van der Waals surface area (Å²) in [5.74, 6) is -0.593. The first-order chi connectivity index (χ1) is 8.20. The summed E-state index contributed by atoms with van der Waals surface area (Å²) in [6, 6.07) is 4.06. The third-order valence-electron chi connectivity index (χ3n) is 1.86. The van der Waals surface area contributed by atoms with Gasteiger partial charge >= 0.3 is 0 Å². The maximum Gasteiger partial charge on any atom is 0.174 e. The lowest BCUT2D eigenvalue weighted by Crippen LogP contribution is -2.14. The van der Waals surface area contributed by atoms with Crippen molar-refractivity contribution >= 4 is 29.1 Å². The van der Waals surface area contributed by atoms with Gasteiger partial charge in [0.05, 0.1) is 0 Å². The molecule has 0 spiro atoms. The number of nitrogens with zero attached hydrogens (tertiary/aromatic N) is 3. The van der Waals surface area contributed by atoms with Crippen LogP contribution in [0.3, 0.4) is 0 Å². The molecule has 0 saturated carbocycles. The van der Waals surface area contributed by atoms with Gasteiger partial charge in [-0.05, 0) is 29.7 Å². The lowest BCUT2D eigenvalue weighted by Gasteiger charge is -2.05. The summed E-state index contributed by atoms with van der Waals surface area (Å²) in [5, 5.41) is 11.5. The molecule has 1 aromatic heterocycles. The van der Waals surface area contributed by atoms with Crippen molar-refractivity contribution in [2.45, 2.75) is 9.24 Å². The van der Waals surface area contributed by atoms with Crippen LogP contribution in [0.25, 0.3) is 0 Å². The Morgan fingerprint density at radius 2 is 2.35 bits per heavy atom. The monoisotopic (exact) mass is 270 g/mol. The van der Waals surface area contributed by atoms with Gasteiger partial charge in [-0.25, -0.2) is 9.37 Å². The van der Waals surface area contributed by atoms with Gasteiger partial charge in [-0.2, -0.15) is 4.37 Å². The van der Waals surface area contributed by atoms with Crippen molar-refractivity contribution in [2.24, 2.45) is 10.9 Å². The van der Waals surface area contributed by atoms with Gasteiger partial charge in [-0.3, -0.25) is 0 Å². The molecule has 5 nitrogen and oxygen atoms in total. The molecule has 3 N–H and O–H groups in total. The quantitative estimate of drug-likeness (QED) is 0.385. The highest BCUT2D eigenvalue weighted by atomic mass is 32.2. The number of oxime groups is 1. The van der Waals surface area contributed by atoms with E-state index in [1.807, 2.05) is 0 Å². The van der Waals surface area contributed by atoms with E-state index < -0.39 is 5.82 Å². The van der Waals surface area contributed by atoms with Crippen molar-refractivity contribution in [1.29, 1.82) is 0 Å². The van der Waals surface area contributed by atoms with Crippen LogP contribution < -0.4 is 5.73 Å². The van der Waals surface area contributed by atoms with E-state index in [0.29, 0.717) is 14.8 Å². The first-order valence-corrected chi connectivity index (χ1v) is 6.01. The fourth-order valence-electron chi connectivity index (χ4n) is 1.15. The Balaban J connectivity index is 2.39. The second kappa shape index (κ2) is 5.11. The third-order valence-corrected chi connectivity index (χ3v) is 3.65. The minimum atomic E-state index is -0.451. The van der Waals surface area contributed by atoms with Gasteiger partial charge in [0.2, 0.25) is 0 Å². The fraction of sp³-hybridized carbons (Fsp3) is 0. The number of aromatic nitrogens is 2. The molecule has 0 atom stereocenters. The fourth-order valence-corrected chi connectivity index (χ4v) is 2.67. The van der Waals surface area contributed by atoms with Gasteiger partial charge in [-0.15, -0.1) is 0 Å². The van der Waals surface area contributed by atoms with Crippen LogP contribution in [-0.4, -0.2) is 20.4 Å². The molecule has 17 heavy (non-hydrogen) atoms. The second-order valence-corrected chi connectivity index (χ2v) is 5.00. The molecule has 2 rings (SSSR count). The van der Waals surface area contributed by atoms with Crippen LogP contribution in [0.4, 0.5) is 4.39 Å². The number of hydrogen-bond donors (Lipinski definition) is 2. The van der Waals surface area contributed by atoms with Crippen LogP contribution in [0, 0.1) is 5.82 Å². The van der Waals surface area contributed by atoms with E-state index in [1.54, 1.807) is 6.07 Å². The molecule has 0 amide bonds. The lowest BCUT2D eigenvalue weighted by atomic mass is 10.2. The van der Waals surface area contributed by atoms with Crippen molar-refractivity contribution < 1.29 is 9.60 Å². The molecule has 8 heteroatoms. The zero-order valence-corrected chi connectivity index (χ0v) is 10.0. The van der Waals surface area contributed by atoms with Crippen LogP contribution >= 0.6 is 23.3 Å². The Morgan fingerprint density at radius 3 is 3.00 bits per heavy atom. The van der Waals surface area contributed by atoms with Gasteiger partial charge in [0.25, 0.3) is 0 Å². The molecule has 1 aromatic carbocycles. The Bertz CT molecular complexity index is 544. The van der Waals surface area contributed by atoms with E-state index in [4.69, 9.17) is 10.9 Å². The maximum absolute atomic E-state index is 13.1. The molecule has 0 bridgehead atoms. The van der Waals surface area contributed by atoms with Crippen LogP contribution in [0.5, 0.6) is 0 Å². The Kier molecular flexibility index (Phi) is 3.55. The summed E-state index contributed by atoms with van der Waals surface area (Å²) in [6.45, 7) is 0. The molecule has 0 aliphatic carbocycles. The molecule has 1 heterocycles. The largest absolute Gasteiger partial charge is 0.409 e. The van der Waals surface area contributed by atoms with Crippen molar-refractivity contribution in [3.63, 3.8) is 0 Å². The minimum absolute atomic E-state index is 0.142. The summed E-state index contributed by atoms with van der Waals surface area (Å²) in [5.41, 5.74) is 5.81. The highest BCUT2D eigenvalue weighted by Gasteiger charge is 2.11. The van der Waals surface area contributed by atoms with E-state index in [0.717, 1.165) is 0 Å². The summed E-state index contributed by atoms with van der Waals surface area (Å²) < 4.78 is 17.6. The number of halogens is 1. The lowest BCUT2D eigenvalue weighted by molar-refractivity contribution is 0.318. The highest BCUT2D eigenvalue weighted by Crippen LogP contribution is 2.31. The molecule has 0 aliphatic rings. The van der Waals surface area contributed by atoms with Crippen molar-refractivity contribution in [1.82, 2.24) is 9.36 Å².